The van der Waals surface area contributed by atoms with Gasteiger partial charge in [-0.15, -0.1) is 0 Å². The van der Waals surface area contributed by atoms with Gasteiger partial charge in [0.1, 0.15) is 5.75 Å². The molecule has 5 rings (SSSR count). The zero-order valence-corrected chi connectivity index (χ0v) is 18.7. The molecule has 0 radical (unpaired) electrons. The van der Waals surface area contributed by atoms with E-state index in [1.54, 1.807) is 13.8 Å². The summed E-state index contributed by atoms with van der Waals surface area (Å²) in [5, 5.41) is 9.93. The number of nitrogens with zero attached hydrogens (tertiary/aromatic N) is 2. The maximum atomic E-state index is 12.6. The molecule has 0 saturated carbocycles. The second-order valence-corrected chi connectivity index (χ2v) is 9.27. The summed E-state index contributed by atoms with van der Waals surface area (Å²) in [6, 6.07) is 18.8. The van der Waals surface area contributed by atoms with Crippen molar-refractivity contribution in [3.8, 4) is 22.9 Å². The van der Waals surface area contributed by atoms with E-state index in [1.165, 1.54) is 0 Å². The first-order valence-corrected chi connectivity index (χ1v) is 11.3. The van der Waals surface area contributed by atoms with Gasteiger partial charge in [0, 0.05) is 41.3 Å². The van der Waals surface area contributed by atoms with E-state index in [2.05, 4.69) is 0 Å². The normalized spacial score (nSPS) is 17.2. The van der Waals surface area contributed by atoms with Crippen LogP contribution in [0.2, 0.25) is 0 Å². The Morgan fingerprint density at radius 2 is 1.67 bits per heavy atom. The van der Waals surface area contributed by atoms with E-state index >= 15 is 0 Å². The fourth-order valence-electron chi connectivity index (χ4n) is 4.78. The van der Waals surface area contributed by atoms with Gasteiger partial charge in [0.05, 0.1) is 11.1 Å². The number of rotatable bonds is 4. The van der Waals surface area contributed by atoms with Crippen LogP contribution in [-0.4, -0.2) is 40.0 Å². The lowest BCUT2D eigenvalue weighted by atomic mass is 9.70. The average Bonchev–Trinajstić information content (AvgIpc) is 3.36. The fourth-order valence-corrected chi connectivity index (χ4v) is 4.78. The fraction of sp³-hybridized carbons (Fsp3) is 0.296. The van der Waals surface area contributed by atoms with Gasteiger partial charge in [0.15, 0.2) is 0 Å². The van der Waals surface area contributed by atoms with Crippen LogP contribution in [0.25, 0.3) is 11.3 Å². The SMILES string of the molecule is CC(C)(C(=O)O)[C@H]1c2ccccc2Oc2nc(-c3ccc(C(=O)N4CCCC4)cc3)ccc21. The van der Waals surface area contributed by atoms with Crippen LogP contribution in [0, 0.1) is 5.41 Å². The van der Waals surface area contributed by atoms with Gasteiger partial charge in [-0.2, -0.15) is 0 Å². The van der Waals surface area contributed by atoms with Crippen molar-refractivity contribution in [2.24, 2.45) is 5.41 Å². The third-order valence-corrected chi connectivity index (χ3v) is 6.73. The topological polar surface area (TPSA) is 79.7 Å². The predicted molar refractivity (Wildman–Crippen MR) is 125 cm³/mol. The minimum absolute atomic E-state index is 0.0659. The number of carbonyl (C=O) groups excluding carboxylic acids is 1. The maximum absolute atomic E-state index is 12.6. The molecule has 1 fully saturated rings. The van der Waals surface area contributed by atoms with Crippen LogP contribution < -0.4 is 4.74 Å². The van der Waals surface area contributed by atoms with E-state index in [-0.39, 0.29) is 5.91 Å². The Hall–Kier alpha value is -3.67. The van der Waals surface area contributed by atoms with Crippen LogP contribution in [0.1, 0.15) is 54.1 Å². The zero-order chi connectivity index (χ0) is 23.2. The van der Waals surface area contributed by atoms with E-state index in [0.29, 0.717) is 22.9 Å². The molecule has 6 heteroatoms. The van der Waals surface area contributed by atoms with Gasteiger partial charge < -0.3 is 14.7 Å². The van der Waals surface area contributed by atoms with Crippen molar-refractivity contribution >= 4 is 11.9 Å². The molecule has 2 aliphatic heterocycles. The Bertz CT molecular complexity index is 1230. The lowest BCUT2D eigenvalue weighted by Gasteiger charge is -2.36. The molecule has 0 unspecified atom stereocenters. The van der Waals surface area contributed by atoms with E-state index in [1.807, 2.05) is 65.6 Å². The number of hydrogen-bond donors (Lipinski definition) is 1. The van der Waals surface area contributed by atoms with E-state index in [9.17, 15) is 14.7 Å². The Balaban J connectivity index is 1.50. The van der Waals surface area contributed by atoms with Crippen LogP contribution in [0.3, 0.4) is 0 Å². The predicted octanol–water partition coefficient (Wildman–Crippen LogP) is 5.33. The molecule has 6 nitrogen and oxygen atoms in total. The lowest BCUT2D eigenvalue weighted by molar-refractivity contribution is -0.147. The first-order chi connectivity index (χ1) is 15.9. The highest BCUT2D eigenvalue weighted by molar-refractivity contribution is 5.94. The molecule has 2 aliphatic rings. The van der Waals surface area contributed by atoms with Crippen LogP contribution >= 0.6 is 0 Å². The first-order valence-electron chi connectivity index (χ1n) is 11.3. The highest BCUT2D eigenvalue weighted by Crippen LogP contribution is 2.51. The van der Waals surface area contributed by atoms with Crippen LogP contribution in [0.4, 0.5) is 0 Å². The summed E-state index contributed by atoms with van der Waals surface area (Å²) in [6.07, 6.45) is 2.12. The van der Waals surface area contributed by atoms with Crippen molar-refractivity contribution in [2.75, 3.05) is 13.1 Å². The monoisotopic (exact) mass is 442 g/mol. The number of aromatic nitrogens is 1. The van der Waals surface area contributed by atoms with Gasteiger partial charge in [-0.25, -0.2) is 4.98 Å². The Morgan fingerprint density at radius 3 is 2.36 bits per heavy atom. The van der Waals surface area contributed by atoms with Crippen molar-refractivity contribution < 1.29 is 19.4 Å². The molecular formula is C27H26N2O4. The molecule has 2 aromatic carbocycles. The number of amides is 1. The second kappa shape index (κ2) is 8.03. The number of likely N-dealkylation sites (tertiary alicyclic amines) is 1. The van der Waals surface area contributed by atoms with Crippen molar-refractivity contribution in [1.29, 1.82) is 0 Å². The third-order valence-electron chi connectivity index (χ3n) is 6.73. The van der Waals surface area contributed by atoms with E-state index in [0.717, 1.165) is 42.6 Å². The first kappa shape index (κ1) is 21.2. The highest BCUT2D eigenvalue weighted by atomic mass is 16.5. The van der Waals surface area contributed by atoms with Crippen LogP contribution in [0.5, 0.6) is 11.6 Å². The largest absolute Gasteiger partial charge is 0.481 e. The number of para-hydroxylation sites is 1. The smallest absolute Gasteiger partial charge is 0.310 e. The van der Waals surface area contributed by atoms with Crippen molar-refractivity contribution in [1.82, 2.24) is 9.88 Å². The van der Waals surface area contributed by atoms with Gasteiger partial charge in [-0.3, -0.25) is 9.59 Å². The van der Waals surface area contributed by atoms with Crippen LogP contribution in [0.15, 0.2) is 60.7 Å². The molecule has 3 aromatic rings. The van der Waals surface area contributed by atoms with Gasteiger partial charge in [-0.05, 0) is 51.0 Å². The Kier molecular flexibility index (Phi) is 5.16. The molecule has 0 spiro atoms. The highest BCUT2D eigenvalue weighted by Gasteiger charge is 2.44. The number of hydrogen-bond acceptors (Lipinski definition) is 4. The summed E-state index contributed by atoms with van der Waals surface area (Å²) in [4.78, 5) is 31.4. The van der Waals surface area contributed by atoms with Gasteiger partial charge in [-0.1, -0.05) is 36.4 Å². The van der Waals surface area contributed by atoms with E-state index in [4.69, 9.17) is 9.72 Å². The van der Waals surface area contributed by atoms with Crippen LogP contribution in [-0.2, 0) is 4.79 Å². The molecule has 1 amide bonds. The van der Waals surface area contributed by atoms with Crippen molar-refractivity contribution in [2.45, 2.75) is 32.6 Å². The molecule has 168 valence electrons. The minimum Gasteiger partial charge on any atom is -0.481 e. The van der Waals surface area contributed by atoms with Gasteiger partial charge in [0.25, 0.3) is 5.91 Å². The van der Waals surface area contributed by atoms with Crippen molar-refractivity contribution in [3.05, 3.63) is 77.4 Å². The summed E-state index contributed by atoms with van der Waals surface area (Å²) in [5.41, 5.74) is 2.80. The number of benzene rings is 2. The summed E-state index contributed by atoms with van der Waals surface area (Å²) in [5.74, 6) is -0.158. The molecule has 0 bridgehead atoms. The molecule has 0 aliphatic carbocycles. The Labute approximate surface area is 192 Å². The summed E-state index contributed by atoms with van der Waals surface area (Å²) < 4.78 is 6.11. The molecule has 3 heterocycles. The maximum Gasteiger partial charge on any atom is 0.310 e. The molecule has 33 heavy (non-hydrogen) atoms. The minimum atomic E-state index is -1.05. The molecule has 1 aromatic heterocycles. The number of ether oxygens (including phenoxy) is 1. The summed E-state index contributed by atoms with van der Waals surface area (Å²) in [7, 11) is 0. The quantitative estimate of drug-likeness (QED) is 0.591. The number of aliphatic carboxylic acids is 1. The number of fused-ring (bicyclic) bond motifs is 2. The number of carbonyl (C=O) groups is 2. The molecule has 1 atom stereocenters. The Morgan fingerprint density at radius 1 is 0.970 bits per heavy atom. The van der Waals surface area contributed by atoms with Gasteiger partial charge in [0.2, 0.25) is 5.88 Å². The third kappa shape index (κ3) is 3.65. The number of pyridine rings is 1. The molecule has 1 N–H and O–H groups in total. The molecular weight excluding hydrogens is 416 g/mol. The number of carboxylic acid groups (broad SMARTS) is 1. The lowest BCUT2D eigenvalue weighted by Crippen LogP contribution is -2.33. The summed E-state index contributed by atoms with van der Waals surface area (Å²) in [6.45, 7) is 5.10. The molecule has 1 saturated heterocycles. The van der Waals surface area contributed by atoms with Gasteiger partial charge >= 0.3 is 5.97 Å². The second-order valence-electron chi connectivity index (χ2n) is 9.27. The number of carboxylic acids is 1. The van der Waals surface area contributed by atoms with Crippen molar-refractivity contribution in [3.63, 3.8) is 0 Å². The summed E-state index contributed by atoms with van der Waals surface area (Å²) >= 11 is 0. The standard InChI is InChI=1S/C27H26N2O4/c1-27(2,26(31)32)23-19-7-3-4-8-22(19)33-24-20(23)13-14-21(28-24)17-9-11-18(12-10-17)25(30)29-15-5-6-16-29/h3-4,7-14,23H,5-6,15-16H2,1-2H3,(H,31,32)/t23-/m0/s1. The zero-order valence-electron chi connectivity index (χ0n) is 18.7. The van der Waals surface area contributed by atoms with E-state index < -0.39 is 17.3 Å². The average molecular weight is 443 g/mol.